The van der Waals surface area contributed by atoms with Gasteiger partial charge in [-0.05, 0) is 42.7 Å². The van der Waals surface area contributed by atoms with Gasteiger partial charge >= 0.3 is 0 Å². The largest absolute Gasteiger partial charge is 0.492 e. The van der Waals surface area contributed by atoms with Crippen molar-refractivity contribution < 1.29 is 18.7 Å². The second kappa shape index (κ2) is 10.2. The van der Waals surface area contributed by atoms with Gasteiger partial charge in [-0.3, -0.25) is 9.78 Å². The zero-order valence-electron chi connectivity index (χ0n) is 19.0. The Balaban J connectivity index is 1.65. The minimum Gasteiger partial charge on any atom is -0.492 e. The Morgan fingerprint density at radius 2 is 1.97 bits per heavy atom. The Hall–Kier alpha value is -3.46. The molecule has 0 saturated carbocycles. The van der Waals surface area contributed by atoms with Crippen LogP contribution in [0.25, 0.3) is 0 Å². The van der Waals surface area contributed by atoms with Gasteiger partial charge in [0, 0.05) is 35.8 Å². The van der Waals surface area contributed by atoms with Crippen molar-refractivity contribution in [2.75, 3.05) is 19.5 Å². The van der Waals surface area contributed by atoms with E-state index < -0.39 is 5.82 Å². The highest BCUT2D eigenvalue weighted by Crippen LogP contribution is 2.36. The SMILES string of the molecule is CNC(=O)c1cc(Oc2ccc3c(c2)N=C(Nc2cc(Br)cc(F)c2OC)C(C)CC3)ccn1. The quantitative estimate of drug-likeness (QED) is 0.434. The molecular weight excluding hydrogens is 503 g/mol. The zero-order valence-corrected chi connectivity index (χ0v) is 20.6. The molecule has 2 heterocycles. The predicted octanol–water partition coefficient (Wildman–Crippen LogP) is 5.87. The molecule has 0 saturated heterocycles. The van der Waals surface area contributed by atoms with Gasteiger partial charge in [-0.25, -0.2) is 9.38 Å². The van der Waals surface area contributed by atoms with Crippen LogP contribution < -0.4 is 20.1 Å². The van der Waals surface area contributed by atoms with E-state index in [2.05, 4.69) is 38.5 Å². The van der Waals surface area contributed by atoms with Gasteiger partial charge in [0.15, 0.2) is 11.6 Å². The highest BCUT2D eigenvalue weighted by molar-refractivity contribution is 9.10. The average Bonchev–Trinajstić information content (AvgIpc) is 2.97. The molecule has 1 unspecified atom stereocenters. The van der Waals surface area contributed by atoms with Crippen LogP contribution in [0.2, 0.25) is 0 Å². The number of pyridine rings is 1. The molecule has 9 heteroatoms. The minimum atomic E-state index is -0.467. The molecule has 0 fully saturated rings. The number of nitrogens with one attached hydrogen (secondary N) is 2. The summed E-state index contributed by atoms with van der Waals surface area (Å²) in [4.78, 5) is 20.8. The number of nitrogens with zero attached hydrogens (tertiary/aromatic N) is 2. The summed E-state index contributed by atoms with van der Waals surface area (Å²) < 4.78 is 26.2. The Kier molecular flexibility index (Phi) is 7.12. The molecule has 1 aliphatic heterocycles. The molecule has 3 aromatic rings. The van der Waals surface area contributed by atoms with Crippen molar-refractivity contribution in [3.63, 3.8) is 0 Å². The van der Waals surface area contributed by atoms with Gasteiger partial charge in [0.25, 0.3) is 5.91 Å². The number of methoxy groups -OCH3 is 1. The van der Waals surface area contributed by atoms with Gasteiger partial charge in [-0.1, -0.05) is 28.9 Å². The fourth-order valence-corrected chi connectivity index (χ4v) is 4.11. The molecule has 176 valence electrons. The Morgan fingerprint density at radius 1 is 1.18 bits per heavy atom. The summed E-state index contributed by atoms with van der Waals surface area (Å²) in [6.07, 6.45) is 3.24. The number of aryl methyl sites for hydroxylation is 1. The minimum absolute atomic E-state index is 0.110. The number of rotatable bonds is 5. The third-order valence-corrected chi connectivity index (χ3v) is 5.97. The van der Waals surface area contributed by atoms with Crippen LogP contribution in [0.15, 0.2) is 58.1 Å². The van der Waals surface area contributed by atoms with Crippen LogP contribution >= 0.6 is 15.9 Å². The Bertz CT molecular complexity index is 1260. The second-order valence-corrected chi connectivity index (χ2v) is 8.79. The van der Waals surface area contributed by atoms with E-state index in [-0.39, 0.29) is 23.3 Å². The lowest BCUT2D eigenvalue weighted by molar-refractivity contribution is 0.0958. The third kappa shape index (κ3) is 5.20. The standard InChI is InChI=1S/C25H24BrFN4O3/c1-14-4-5-15-6-7-17(34-18-8-9-29-22(13-18)25(32)28-2)12-20(15)30-24(14)31-21-11-16(26)10-19(27)23(21)33-3/h6-14H,4-5H2,1-3H3,(H,28,32)(H,30,31). The van der Waals surface area contributed by atoms with Gasteiger partial charge < -0.3 is 20.1 Å². The van der Waals surface area contributed by atoms with E-state index in [0.29, 0.717) is 27.5 Å². The maximum atomic E-state index is 14.4. The lowest BCUT2D eigenvalue weighted by Crippen LogP contribution is -2.21. The summed E-state index contributed by atoms with van der Waals surface area (Å²) in [5, 5.41) is 5.82. The van der Waals surface area contributed by atoms with Crippen LogP contribution in [0.5, 0.6) is 17.2 Å². The molecule has 34 heavy (non-hydrogen) atoms. The molecule has 1 aliphatic rings. The number of hydrogen-bond acceptors (Lipinski definition) is 6. The number of carbonyl (C=O) groups excluding carboxylic acids is 1. The third-order valence-electron chi connectivity index (χ3n) is 5.51. The molecule has 1 aromatic heterocycles. The van der Waals surface area contributed by atoms with E-state index in [1.54, 1.807) is 25.2 Å². The maximum absolute atomic E-state index is 14.4. The summed E-state index contributed by atoms with van der Waals surface area (Å²) in [6, 6.07) is 12.1. The lowest BCUT2D eigenvalue weighted by Gasteiger charge is -2.17. The van der Waals surface area contributed by atoms with Crippen molar-refractivity contribution in [3.05, 3.63) is 70.2 Å². The average molecular weight is 527 g/mol. The van der Waals surface area contributed by atoms with Crippen LogP contribution in [0.1, 0.15) is 29.4 Å². The summed E-state index contributed by atoms with van der Waals surface area (Å²) >= 11 is 3.34. The number of benzene rings is 2. The summed E-state index contributed by atoms with van der Waals surface area (Å²) in [5.74, 6) is 1.26. The zero-order chi connectivity index (χ0) is 24.2. The number of amides is 1. The van der Waals surface area contributed by atoms with Gasteiger partial charge in [0.05, 0.1) is 18.5 Å². The monoisotopic (exact) mass is 526 g/mol. The number of anilines is 1. The van der Waals surface area contributed by atoms with E-state index in [4.69, 9.17) is 14.5 Å². The van der Waals surface area contributed by atoms with E-state index in [9.17, 15) is 9.18 Å². The molecule has 0 spiro atoms. The molecular formula is C25H24BrFN4O3. The molecule has 4 rings (SSSR count). The first kappa shape index (κ1) is 23.7. The van der Waals surface area contributed by atoms with Crippen molar-refractivity contribution in [2.24, 2.45) is 10.9 Å². The van der Waals surface area contributed by atoms with Crippen LogP contribution in [0.4, 0.5) is 15.8 Å². The van der Waals surface area contributed by atoms with Crippen LogP contribution in [0.3, 0.4) is 0 Å². The first-order valence-corrected chi connectivity index (χ1v) is 11.5. The number of aromatic nitrogens is 1. The smallest absolute Gasteiger partial charge is 0.269 e. The number of hydrogen-bond donors (Lipinski definition) is 2. The van der Waals surface area contributed by atoms with Gasteiger partial charge in [0.2, 0.25) is 0 Å². The summed E-state index contributed by atoms with van der Waals surface area (Å²) in [5.41, 5.74) is 2.61. The lowest BCUT2D eigenvalue weighted by atomic mass is 10.0. The first-order chi connectivity index (χ1) is 16.4. The van der Waals surface area contributed by atoms with Gasteiger partial charge in [-0.15, -0.1) is 0 Å². The highest BCUT2D eigenvalue weighted by Gasteiger charge is 2.21. The van der Waals surface area contributed by atoms with Crippen molar-refractivity contribution in [1.82, 2.24) is 10.3 Å². The Morgan fingerprint density at radius 3 is 2.74 bits per heavy atom. The molecule has 1 atom stereocenters. The normalized spacial score (nSPS) is 15.0. The molecule has 2 N–H and O–H groups in total. The fourth-order valence-electron chi connectivity index (χ4n) is 3.68. The van der Waals surface area contributed by atoms with Crippen molar-refractivity contribution in [2.45, 2.75) is 19.8 Å². The van der Waals surface area contributed by atoms with Crippen LogP contribution in [0, 0.1) is 11.7 Å². The Labute approximate surface area is 205 Å². The number of carbonyl (C=O) groups is 1. The number of aliphatic imine (C=N–C) groups is 1. The topological polar surface area (TPSA) is 84.8 Å². The summed E-state index contributed by atoms with van der Waals surface area (Å²) in [7, 11) is 2.98. The molecule has 2 aromatic carbocycles. The number of amidine groups is 1. The molecule has 0 bridgehead atoms. The van der Waals surface area contributed by atoms with Crippen molar-refractivity contribution in [3.8, 4) is 17.2 Å². The second-order valence-electron chi connectivity index (χ2n) is 7.88. The van der Waals surface area contributed by atoms with Crippen LogP contribution in [-0.2, 0) is 6.42 Å². The van der Waals surface area contributed by atoms with Crippen molar-refractivity contribution in [1.29, 1.82) is 0 Å². The molecule has 7 nitrogen and oxygen atoms in total. The van der Waals surface area contributed by atoms with Crippen LogP contribution in [-0.4, -0.2) is 30.9 Å². The molecule has 0 radical (unpaired) electrons. The summed E-state index contributed by atoms with van der Waals surface area (Å²) in [6.45, 7) is 2.08. The number of halogens is 2. The fraction of sp³-hybridized carbons (Fsp3) is 0.240. The predicted molar refractivity (Wildman–Crippen MR) is 133 cm³/mol. The number of ether oxygens (including phenoxy) is 2. The van der Waals surface area contributed by atoms with Gasteiger partial charge in [-0.2, -0.15) is 0 Å². The van der Waals surface area contributed by atoms with E-state index in [1.807, 2.05) is 18.2 Å². The molecule has 1 amide bonds. The first-order valence-electron chi connectivity index (χ1n) is 10.8. The van der Waals surface area contributed by atoms with E-state index >= 15 is 0 Å². The highest BCUT2D eigenvalue weighted by atomic mass is 79.9. The van der Waals surface area contributed by atoms with E-state index in [0.717, 1.165) is 24.1 Å². The molecule has 0 aliphatic carbocycles. The van der Waals surface area contributed by atoms with E-state index in [1.165, 1.54) is 19.4 Å². The van der Waals surface area contributed by atoms with Crippen molar-refractivity contribution >= 4 is 39.0 Å². The number of fused-ring (bicyclic) bond motifs is 1. The van der Waals surface area contributed by atoms with Gasteiger partial charge in [0.1, 0.15) is 23.0 Å². The maximum Gasteiger partial charge on any atom is 0.269 e.